The molecule has 1 rings (SSSR count). The second-order valence-electron chi connectivity index (χ2n) is 3.98. The van der Waals surface area contributed by atoms with Crippen molar-refractivity contribution in [2.75, 3.05) is 40.0 Å². The van der Waals surface area contributed by atoms with E-state index in [2.05, 4.69) is 4.74 Å². The van der Waals surface area contributed by atoms with Gasteiger partial charge < -0.3 is 14.8 Å². The van der Waals surface area contributed by atoms with Crippen molar-refractivity contribution in [3.8, 4) is 0 Å². The third-order valence-electron chi connectivity index (χ3n) is 2.55. The molecule has 1 atom stereocenters. The molecular weight excluding hydrogens is 269 g/mol. The summed E-state index contributed by atoms with van der Waals surface area (Å²) in [5.41, 5.74) is 0. The van der Waals surface area contributed by atoms with Crippen LogP contribution >= 0.6 is 0 Å². The van der Waals surface area contributed by atoms with Crippen LogP contribution in [-0.4, -0.2) is 69.0 Å². The molecule has 0 aromatic heterocycles. The van der Waals surface area contributed by atoms with Gasteiger partial charge in [0.2, 0.25) is 5.91 Å². The lowest BCUT2D eigenvalue weighted by molar-refractivity contribution is -0.155. The number of hydrogen-bond donors (Lipinski definition) is 1. The second-order valence-corrected chi connectivity index (χ2v) is 3.98. The van der Waals surface area contributed by atoms with Crippen LogP contribution in [0.1, 0.15) is 0 Å². The highest BCUT2D eigenvalue weighted by atomic mass is 19.4. The van der Waals surface area contributed by atoms with Crippen LogP contribution in [0.3, 0.4) is 0 Å². The zero-order valence-corrected chi connectivity index (χ0v) is 10.3. The average molecular weight is 284 g/mol. The monoisotopic (exact) mass is 284 g/mol. The van der Waals surface area contributed by atoms with Gasteiger partial charge >= 0.3 is 12.1 Å². The lowest BCUT2D eigenvalue weighted by atomic mass is 10.2. The number of morpholine rings is 1. The molecule has 0 aromatic rings. The molecule has 1 heterocycles. The molecule has 1 N–H and O–H groups in total. The summed E-state index contributed by atoms with van der Waals surface area (Å²) in [6.07, 6.45) is -4.46. The molecule has 0 radical (unpaired) electrons. The number of methoxy groups -OCH3 is 1. The molecule has 1 amide bonds. The lowest BCUT2D eigenvalue weighted by Gasteiger charge is -2.32. The van der Waals surface area contributed by atoms with E-state index in [0.29, 0.717) is 6.61 Å². The number of esters is 1. The Bertz CT molecular complexity index is 335. The Morgan fingerprint density at radius 1 is 1.47 bits per heavy atom. The first-order valence-electron chi connectivity index (χ1n) is 5.56. The molecule has 1 unspecified atom stereocenters. The molecule has 6 nitrogen and oxygen atoms in total. The fourth-order valence-electron chi connectivity index (χ4n) is 1.62. The third kappa shape index (κ3) is 5.43. The van der Waals surface area contributed by atoms with Crippen molar-refractivity contribution in [2.24, 2.45) is 0 Å². The number of rotatable bonds is 4. The maximum Gasteiger partial charge on any atom is 0.405 e. The Hall–Kier alpha value is -1.35. The molecular formula is C10H15F3N2O4. The Balaban J connectivity index is 2.48. The van der Waals surface area contributed by atoms with Gasteiger partial charge in [0.25, 0.3) is 0 Å². The van der Waals surface area contributed by atoms with E-state index in [1.165, 1.54) is 12.0 Å². The number of halogens is 3. The number of alkyl halides is 3. The minimum Gasteiger partial charge on any atom is -0.468 e. The van der Waals surface area contributed by atoms with Crippen LogP contribution in [0.15, 0.2) is 0 Å². The van der Waals surface area contributed by atoms with Crippen LogP contribution in [0.4, 0.5) is 13.2 Å². The Morgan fingerprint density at radius 2 is 2.16 bits per heavy atom. The van der Waals surface area contributed by atoms with E-state index in [1.807, 2.05) is 0 Å². The summed E-state index contributed by atoms with van der Waals surface area (Å²) in [5, 5.41) is 1.75. The molecule has 0 bridgehead atoms. The van der Waals surface area contributed by atoms with Crippen LogP contribution in [0.2, 0.25) is 0 Å². The van der Waals surface area contributed by atoms with Gasteiger partial charge in [-0.05, 0) is 0 Å². The van der Waals surface area contributed by atoms with Crippen LogP contribution in [0, 0.1) is 0 Å². The van der Waals surface area contributed by atoms with E-state index in [1.54, 1.807) is 5.32 Å². The quantitative estimate of drug-likeness (QED) is 0.708. The second kappa shape index (κ2) is 6.71. The van der Waals surface area contributed by atoms with Gasteiger partial charge in [0.1, 0.15) is 12.6 Å². The smallest absolute Gasteiger partial charge is 0.405 e. The van der Waals surface area contributed by atoms with Gasteiger partial charge in [-0.15, -0.1) is 0 Å². The van der Waals surface area contributed by atoms with E-state index >= 15 is 0 Å². The zero-order chi connectivity index (χ0) is 14.5. The Kier molecular flexibility index (Phi) is 5.55. The maximum absolute atomic E-state index is 11.9. The largest absolute Gasteiger partial charge is 0.468 e. The topological polar surface area (TPSA) is 67.9 Å². The minimum absolute atomic E-state index is 0.0548. The van der Waals surface area contributed by atoms with Crippen LogP contribution < -0.4 is 5.32 Å². The molecule has 1 fully saturated rings. The number of carbonyl (C=O) groups is 2. The van der Waals surface area contributed by atoms with Gasteiger partial charge in [-0.2, -0.15) is 13.2 Å². The molecule has 19 heavy (non-hydrogen) atoms. The van der Waals surface area contributed by atoms with Gasteiger partial charge in [0.15, 0.2) is 0 Å². The Labute approximate surface area is 107 Å². The number of carbonyl (C=O) groups excluding carboxylic acids is 2. The molecule has 110 valence electrons. The van der Waals surface area contributed by atoms with Crippen molar-refractivity contribution < 1.29 is 32.2 Å². The molecule has 9 heteroatoms. The number of nitrogens with zero attached hydrogens (tertiary/aromatic N) is 1. The van der Waals surface area contributed by atoms with Crippen LogP contribution in [0.5, 0.6) is 0 Å². The first-order valence-corrected chi connectivity index (χ1v) is 5.56. The third-order valence-corrected chi connectivity index (χ3v) is 2.55. The van der Waals surface area contributed by atoms with Crippen molar-refractivity contribution in [3.63, 3.8) is 0 Å². The first kappa shape index (κ1) is 15.7. The molecule has 1 aliphatic heterocycles. The van der Waals surface area contributed by atoms with Gasteiger partial charge in [-0.25, -0.2) is 0 Å². The van der Waals surface area contributed by atoms with Crippen molar-refractivity contribution in [1.29, 1.82) is 0 Å². The fraction of sp³-hybridized carbons (Fsp3) is 0.800. The normalized spacial score (nSPS) is 20.9. The summed E-state index contributed by atoms with van der Waals surface area (Å²) in [6, 6.07) is -0.768. The van der Waals surface area contributed by atoms with Crippen molar-refractivity contribution in [3.05, 3.63) is 0 Å². The SMILES string of the molecule is COC(=O)C1COCCN1CC(=O)NCC(F)(F)F. The molecule has 1 saturated heterocycles. The average Bonchev–Trinajstić information content (AvgIpc) is 2.35. The summed E-state index contributed by atoms with van der Waals surface area (Å²) in [5.74, 6) is -1.38. The first-order chi connectivity index (χ1) is 8.83. The standard InChI is InChI=1S/C10H15F3N2O4/c1-18-9(17)7-5-19-3-2-15(7)4-8(16)14-6-10(11,12)13/h7H,2-6H2,1H3,(H,14,16). The van der Waals surface area contributed by atoms with Gasteiger partial charge in [-0.3, -0.25) is 14.5 Å². The summed E-state index contributed by atoms with van der Waals surface area (Å²) >= 11 is 0. The van der Waals surface area contributed by atoms with Gasteiger partial charge in [-0.1, -0.05) is 0 Å². The van der Waals surface area contributed by atoms with E-state index in [-0.39, 0.29) is 19.7 Å². The molecule has 0 saturated carbocycles. The number of ether oxygens (including phenoxy) is 2. The highest BCUT2D eigenvalue weighted by molar-refractivity contribution is 5.80. The number of nitrogens with one attached hydrogen (secondary N) is 1. The van der Waals surface area contributed by atoms with Crippen LogP contribution in [-0.2, 0) is 19.1 Å². The zero-order valence-electron chi connectivity index (χ0n) is 10.3. The highest BCUT2D eigenvalue weighted by Gasteiger charge is 2.32. The van der Waals surface area contributed by atoms with Crippen molar-refractivity contribution >= 4 is 11.9 Å². The molecule has 0 aromatic carbocycles. The molecule has 0 aliphatic carbocycles. The van der Waals surface area contributed by atoms with E-state index in [4.69, 9.17) is 4.74 Å². The number of hydrogen-bond acceptors (Lipinski definition) is 5. The summed E-state index contributed by atoms with van der Waals surface area (Å²) < 4.78 is 45.4. The summed E-state index contributed by atoms with van der Waals surface area (Å²) in [6.45, 7) is -1.06. The van der Waals surface area contributed by atoms with E-state index in [9.17, 15) is 22.8 Å². The maximum atomic E-state index is 11.9. The fourth-order valence-corrected chi connectivity index (χ4v) is 1.62. The highest BCUT2D eigenvalue weighted by Crippen LogP contribution is 2.12. The number of amides is 1. The van der Waals surface area contributed by atoms with E-state index in [0.717, 1.165) is 0 Å². The van der Waals surface area contributed by atoms with Gasteiger partial charge in [0, 0.05) is 6.54 Å². The van der Waals surface area contributed by atoms with Gasteiger partial charge in [0.05, 0.1) is 26.9 Å². The summed E-state index contributed by atoms with van der Waals surface area (Å²) in [7, 11) is 1.19. The lowest BCUT2D eigenvalue weighted by Crippen LogP contribution is -2.53. The van der Waals surface area contributed by atoms with Crippen molar-refractivity contribution in [2.45, 2.75) is 12.2 Å². The predicted octanol–water partition coefficient (Wildman–Crippen LogP) is -0.461. The predicted molar refractivity (Wildman–Crippen MR) is 57.3 cm³/mol. The summed E-state index contributed by atoms with van der Waals surface area (Å²) in [4.78, 5) is 24.2. The van der Waals surface area contributed by atoms with Crippen LogP contribution in [0.25, 0.3) is 0 Å². The van der Waals surface area contributed by atoms with E-state index < -0.39 is 30.6 Å². The van der Waals surface area contributed by atoms with Crippen molar-refractivity contribution in [1.82, 2.24) is 10.2 Å². The molecule has 1 aliphatic rings. The minimum atomic E-state index is -4.46. The Morgan fingerprint density at radius 3 is 2.74 bits per heavy atom. The molecule has 0 spiro atoms.